The molecule has 1 aliphatic heterocycles. The molecule has 0 spiro atoms. The van der Waals surface area contributed by atoms with E-state index in [1.807, 2.05) is 27.7 Å². The van der Waals surface area contributed by atoms with E-state index in [1.165, 1.54) is 18.6 Å². The van der Waals surface area contributed by atoms with Crippen LogP contribution in [-0.4, -0.2) is 86.5 Å². The topological polar surface area (TPSA) is 191 Å². The first-order chi connectivity index (χ1) is 23.8. The zero-order valence-corrected chi connectivity index (χ0v) is 29.8. The lowest BCUT2D eigenvalue weighted by molar-refractivity contribution is -0.145. The molecule has 5 rings (SSSR count). The van der Waals surface area contributed by atoms with E-state index in [0.29, 0.717) is 25.8 Å². The molecule has 6 atom stereocenters. The molecule has 1 aromatic heterocycles. The molecule has 272 valence electrons. The van der Waals surface area contributed by atoms with Crippen LogP contribution in [0.3, 0.4) is 0 Å². The van der Waals surface area contributed by atoms with Crippen LogP contribution >= 0.6 is 0 Å². The fourth-order valence-corrected chi connectivity index (χ4v) is 8.07. The molecule has 4 N–H and O–H groups in total. The Hall–Kier alpha value is -4.03. The van der Waals surface area contributed by atoms with E-state index in [0.717, 1.165) is 51.4 Å². The van der Waals surface area contributed by atoms with E-state index in [2.05, 4.69) is 25.9 Å². The van der Waals surface area contributed by atoms with Gasteiger partial charge in [-0.1, -0.05) is 59.8 Å². The van der Waals surface area contributed by atoms with E-state index in [-0.39, 0.29) is 41.5 Å². The van der Waals surface area contributed by atoms with Crippen LogP contribution in [0.2, 0.25) is 0 Å². The number of carbonyl (C=O) groups excluding carboxylic acids is 6. The third kappa shape index (κ3) is 8.46. The number of nitrogens with zero attached hydrogens (tertiary/aromatic N) is 3. The largest absolute Gasteiger partial charge is 0.344 e. The summed E-state index contributed by atoms with van der Waals surface area (Å²) in [7, 11) is 0. The minimum atomic E-state index is -1.08. The summed E-state index contributed by atoms with van der Waals surface area (Å²) in [5, 5.41) is 16.8. The first-order valence-electron chi connectivity index (χ1n) is 18.5. The van der Waals surface area contributed by atoms with Crippen molar-refractivity contribution < 1.29 is 28.8 Å². The fraction of sp³-hybridized carbons (Fsp3) is 0.703. The molecule has 0 radical (unpaired) electrons. The monoisotopic (exact) mass is 691 g/mol. The van der Waals surface area contributed by atoms with Crippen LogP contribution in [0.15, 0.2) is 18.6 Å². The summed E-state index contributed by atoms with van der Waals surface area (Å²) in [5.41, 5.74) is -0.858. The van der Waals surface area contributed by atoms with Gasteiger partial charge in [-0.05, 0) is 68.1 Å². The van der Waals surface area contributed by atoms with Crippen molar-refractivity contribution in [1.29, 1.82) is 5.41 Å². The van der Waals surface area contributed by atoms with Crippen LogP contribution < -0.4 is 16.0 Å². The van der Waals surface area contributed by atoms with E-state index in [1.54, 1.807) is 4.90 Å². The summed E-state index contributed by atoms with van der Waals surface area (Å²) in [6.45, 7) is 7.76. The van der Waals surface area contributed by atoms with Gasteiger partial charge < -0.3 is 26.3 Å². The van der Waals surface area contributed by atoms with Crippen LogP contribution in [-0.2, 0) is 24.0 Å². The Morgan fingerprint density at radius 1 is 0.920 bits per heavy atom. The normalized spacial score (nSPS) is 24.0. The molecule has 4 aliphatic rings. The van der Waals surface area contributed by atoms with Crippen molar-refractivity contribution >= 4 is 40.9 Å². The second kappa shape index (κ2) is 15.9. The predicted octanol–water partition coefficient (Wildman–Crippen LogP) is 3.17. The molecule has 1 saturated heterocycles. The number of aromatic nitrogens is 2. The van der Waals surface area contributed by atoms with Gasteiger partial charge in [0.2, 0.25) is 29.3 Å². The molecule has 4 fully saturated rings. The Kier molecular flexibility index (Phi) is 11.8. The van der Waals surface area contributed by atoms with Crippen molar-refractivity contribution in [2.75, 3.05) is 6.54 Å². The second-order valence-electron chi connectivity index (χ2n) is 15.8. The van der Waals surface area contributed by atoms with Gasteiger partial charge in [0.05, 0.1) is 18.0 Å². The average molecular weight is 692 g/mol. The standard InChI is InChI=1S/C37H53N7O6/c1-5-10-25(30(45)31(46)27(38)21-15-16-21)41-35(49)29-24-14-9-13-23(24)20-44(29)36(50)32(37(2,3)4)43-34(48)28(22-11-7-6-8-12-22)42-33(47)26-19-39-17-18-40-26/h17-19,21-25,28-29,32,38H,5-16,20H2,1-4H3,(H,41,49)(H,42,47)(H,43,48)/t23-,24-,25?,28-,29?,32+/m0/s1. The van der Waals surface area contributed by atoms with Gasteiger partial charge in [-0.25, -0.2) is 4.98 Å². The lowest BCUT2D eigenvalue weighted by Gasteiger charge is -2.38. The molecule has 1 aromatic rings. The molecule has 13 heteroatoms. The van der Waals surface area contributed by atoms with E-state index in [9.17, 15) is 28.8 Å². The lowest BCUT2D eigenvalue weighted by atomic mass is 9.82. The first kappa shape index (κ1) is 37.2. The minimum Gasteiger partial charge on any atom is -0.344 e. The maximum atomic E-state index is 14.6. The van der Waals surface area contributed by atoms with Crippen LogP contribution in [0.25, 0.3) is 0 Å². The number of ketones is 2. The number of carbonyl (C=O) groups is 6. The molecular formula is C37H53N7O6. The zero-order valence-electron chi connectivity index (χ0n) is 29.8. The van der Waals surface area contributed by atoms with Crippen molar-refractivity contribution in [2.24, 2.45) is 29.1 Å². The number of amides is 4. The summed E-state index contributed by atoms with van der Waals surface area (Å²) in [6.07, 6.45) is 13.4. The quantitative estimate of drug-likeness (QED) is 0.169. The SMILES string of the molecule is CCCC(NC(=O)C1[C@H]2CCC[C@H]2CN1C(=O)[C@@H](NC(=O)[C@@H](NC(=O)c1cnccn1)C1CCCCC1)C(C)(C)C)C(=O)C(=O)C(=N)C1CC1. The summed E-state index contributed by atoms with van der Waals surface area (Å²) in [6, 6.07) is -3.86. The highest BCUT2D eigenvalue weighted by atomic mass is 16.2. The van der Waals surface area contributed by atoms with Crippen molar-refractivity contribution in [2.45, 2.75) is 129 Å². The summed E-state index contributed by atoms with van der Waals surface area (Å²) >= 11 is 0. The van der Waals surface area contributed by atoms with Crippen LogP contribution in [0.1, 0.15) is 115 Å². The van der Waals surface area contributed by atoms with Crippen LogP contribution in [0, 0.1) is 34.5 Å². The highest BCUT2D eigenvalue weighted by Gasteiger charge is 2.52. The highest BCUT2D eigenvalue weighted by molar-refractivity contribution is 6.66. The zero-order chi connectivity index (χ0) is 36.2. The average Bonchev–Trinajstić information content (AvgIpc) is 3.75. The second-order valence-corrected chi connectivity index (χ2v) is 15.8. The Morgan fingerprint density at radius 2 is 1.64 bits per heavy atom. The Morgan fingerprint density at radius 3 is 2.26 bits per heavy atom. The van der Waals surface area contributed by atoms with Gasteiger partial charge in [-0.3, -0.25) is 33.8 Å². The van der Waals surface area contributed by atoms with Crippen molar-refractivity contribution in [3.05, 3.63) is 24.3 Å². The molecule has 50 heavy (non-hydrogen) atoms. The van der Waals surface area contributed by atoms with Crippen molar-refractivity contribution in [3.8, 4) is 0 Å². The molecule has 3 aliphatic carbocycles. The van der Waals surface area contributed by atoms with Gasteiger partial charge in [0, 0.05) is 24.9 Å². The van der Waals surface area contributed by atoms with Gasteiger partial charge in [0.25, 0.3) is 5.91 Å². The Bertz CT molecular complexity index is 1470. The highest BCUT2D eigenvalue weighted by Crippen LogP contribution is 2.43. The summed E-state index contributed by atoms with van der Waals surface area (Å²) < 4.78 is 0. The molecule has 4 amide bonds. The predicted molar refractivity (Wildman–Crippen MR) is 185 cm³/mol. The third-order valence-electron chi connectivity index (χ3n) is 11.0. The van der Waals surface area contributed by atoms with Gasteiger partial charge in [0.1, 0.15) is 23.8 Å². The van der Waals surface area contributed by atoms with Crippen LogP contribution in [0.5, 0.6) is 0 Å². The number of hydrogen-bond acceptors (Lipinski definition) is 9. The number of rotatable bonds is 14. The van der Waals surface area contributed by atoms with Crippen molar-refractivity contribution in [1.82, 2.24) is 30.8 Å². The number of Topliss-reactive ketones (excluding diaryl/α,β-unsaturated/α-hetero) is 2. The summed E-state index contributed by atoms with van der Waals surface area (Å²) in [5.74, 6) is -3.83. The van der Waals surface area contributed by atoms with E-state index >= 15 is 0 Å². The van der Waals surface area contributed by atoms with Gasteiger partial charge in [-0.2, -0.15) is 0 Å². The molecule has 2 heterocycles. The minimum absolute atomic E-state index is 0.0907. The van der Waals surface area contributed by atoms with Gasteiger partial charge in [0.15, 0.2) is 0 Å². The molecular weight excluding hydrogens is 638 g/mol. The first-order valence-corrected chi connectivity index (χ1v) is 18.5. The maximum Gasteiger partial charge on any atom is 0.272 e. The number of likely N-dealkylation sites (tertiary alicyclic amines) is 1. The Balaban J connectivity index is 1.36. The third-order valence-corrected chi connectivity index (χ3v) is 11.0. The Labute approximate surface area is 294 Å². The lowest BCUT2D eigenvalue weighted by Crippen LogP contribution is -2.62. The molecule has 0 aromatic carbocycles. The van der Waals surface area contributed by atoms with Crippen LogP contribution in [0.4, 0.5) is 0 Å². The molecule has 2 unspecified atom stereocenters. The fourth-order valence-electron chi connectivity index (χ4n) is 8.07. The molecule has 13 nitrogen and oxygen atoms in total. The van der Waals surface area contributed by atoms with E-state index in [4.69, 9.17) is 5.41 Å². The van der Waals surface area contributed by atoms with E-state index < -0.39 is 64.8 Å². The summed E-state index contributed by atoms with van der Waals surface area (Å²) in [4.78, 5) is 91.8. The molecule has 0 bridgehead atoms. The number of nitrogens with one attached hydrogen (secondary N) is 4. The number of fused-ring (bicyclic) bond motifs is 1. The smallest absolute Gasteiger partial charge is 0.272 e. The maximum absolute atomic E-state index is 14.6. The molecule has 3 saturated carbocycles. The van der Waals surface area contributed by atoms with Gasteiger partial charge in [-0.15, -0.1) is 0 Å². The van der Waals surface area contributed by atoms with Gasteiger partial charge >= 0.3 is 0 Å². The van der Waals surface area contributed by atoms with Crippen molar-refractivity contribution in [3.63, 3.8) is 0 Å². The number of hydrogen-bond donors (Lipinski definition) is 4.